The molecule has 1 atom stereocenters. The summed E-state index contributed by atoms with van der Waals surface area (Å²) in [7, 11) is 1.89. The number of anilines is 1. The number of nitriles is 1. The number of nitrogens with one attached hydrogen (secondary N) is 1. The molecule has 1 unspecified atom stereocenters. The summed E-state index contributed by atoms with van der Waals surface area (Å²) in [5.74, 6) is 2.26. The van der Waals surface area contributed by atoms with Crippen molar-refractivity contribution in [2.24, 2.45) is 13.0 Å². The molecule has 1 aromatic carbocycles. The number of carbonyl (C=O) groups is 1. The normalized spacial score (nSPS) is 15.0. The summed E-state index contributed by atoms with van der Waals surface area (Å²) >= 11 is 2.89. The molecule has 0 aliphatic heterocycles. The standard InChI is InChI=1S/C24H27N5O2S2/c1-4-15-6-11-18-19(13-25)23(33-20(18)12-15)26-21(30)14-32-24-28-27-22(29(24)3)16-7-9-17(10-8-16)31-5-2/h7-10,15H,4-6,11-12,14H2,1-3H3,(H,26,30). The van der Waals surface area contributed by atoms with E-state index in [0.29, 0.717) is 28.2 Å². The first-order valence-electron chi connectivity index (χ1n) is 11.1. The molecule has 3 aromatic rings. The van der Waals surface area contributed by atoms with Gasteiger partial charge in [0.1, 0.15) is 16.8 Å². The van der Waals surface area contributed by atoms with Gasteiger partial charge in [-0.15, -0.1) is 21.5 Å². The van der Waals surface area contributed by atoms with E-state index in [-0.39, 0.29) is 11.7 Å². The van der Waals surface area contributed by atoms with Gasteiger partial charge in [-0.2, -0.15) is 5.26 Å². The van der Waals surface area contributed by atoms with Crippen LogP contribution in [0.3, 0.4) is 0 Å². The highest BCUT2D eigenvalue weighted by Crippen LogP contribution is 2.40. The van der Waals surface area contributed by atoms with Crippen LogP contribution in [0.2, 0.25) is 0 Å². The Balaban J connectivity index is 1.40. The molecule has 1 aliphatic carbocycles. The van der Waals surface area contributed by atoms with Crippen LogP contribution < -0.4 is 10.1 Å². The van der Waals surface area contributed by atoms with E-state index in [0.717, 1.165) is 48.4 Å². The van der Waals surface area contributed by atoms with Crippen LogP contribution in [0.1, 0.15) is 42.7 Å². The number of fused-ring (bicyclic) bond motifs is 1. The maximum Gasteiger partial charge on any atom is 0.235 e. The van der Waals surface area contributed by atoms with Crippen molar-refractivity contribution >= 4 is 34.0 Å². The van der Waals surface area contributed by atoms with E-state index in [9.17, 15) is 10.1 Å². The molecule has 7 nitrogen and oxygen atoms in total. The lowest BCUT2D eigenvalue weighted by molar-refractivity contribution is -0.113. The van der Waals surface area contributed by atoms with Crippen molar-refractivity contribution in [3.8, 4) is 23.2 Å². The summed E-state index contributed by atoms with van der Waals surface area (Å²) in [5.41, 5.74) is 2.70. The summed E-state index contributed by atoms with van der Waals surface area (Å²) in [6.07, 6.45) is 4.18. The van der Waals surface area contributed by atoms with E-state index >= 15 is 0 Å². The van der Waals surface area contributed by atoms with E-state index in [2.05, 4.69) is 28.5 Å². The number of aromatic nitrogens is 3. The molecule has 2 heterocycles. The second-order valence-corrected chi connectivity index (χ2v) is 10.0. The van der Waals surface area contributed by atoms with E-state index in [1.807, 2.05) is 42.8 Å². The molecule has 9 heteroatoms. The van der Waals surface area contributed by atoms with Crippen LogP contribution >= 0.6 is 23.1 Å². The summed E-state index contributed by atoms with van der Waals surface area (Å²) in [6, 6.07) is 10.0. The summed E-state index contributed by atoms with van der Waals surface area (Å²) in [4.78, 5) is 13.9. The molecule has 2 aromatic heterocycles. The number of rotatable bonds is 8. The van der Waals surface area contributed by atoms with E-state index in [1.54, 1.807) is 11.3 Å². The van der Waals surface area contributed by atoms with Gasteiger partial charge in [0.15, 0.2) is 11.0 Å². The van der Waals surface area contributed by atoms with Crippen molar-refractivity contribution in [1.29, 1.82) is 5.26 Å². The Morgan fingerprint density at radius 2 is 2.12 bits per heavy atom. The van der Waals surface area contributed by atoms with Gasteiger partial charge >= 0.3 is 0 Å². The predicted octanol–water partition coefficient (Wildman–Crippen LogP) is 5.06. The average Bonchev–Trinajstić information content (AvgIpc) is 3.37. The van der Waals surface area contributed by atoms with E-state index < -0.39 is 0 Å². The van der Waals surface area contributed by atoms with Gasteiger partial charge in [0.2, 0.25) is 5.91 Å². The van der Waals surface area contributed by atoms with Crippen LogP contribution in [0.5, 0.6) is 5.75 Å². The number of thioether (sulfide) groups is 1. The molecule has 0 saturated carbocycles. The van der Waals surface area contributed by atoms with Crippen molar-refractivity contribution in [2.45, 2.75) is 44.7 Å². The van der Waals surface area contributed by atoms with Crippen LogP contribution in [-0.4, -0.2) is 33.0 Å². The SMILES string of the molecule is CCOc1ccc(-c2nnc(SCC(=O)Nc3sc4c(c3C#N)CCC(CC)C4)n2C)cc1. The first-order valence-corrected chi connectivity index (χ1v) is 12.9. The Labute approximate surface area is 202 Å². The molecule has 0 fully saturated rings. The molecule has 1 aliphatic rings. The lowest BCUT2D eigenvalue weighted by atomic mass is 9.86. The molecule has 0 radical (unpaired) electrons. The first-order chi connectivity index (χ1) is 16.0. The molecule has 172 valence electrons. The minimum absolute atomic E-state index is 0.146. The minimum atomic E-state index is -0.146. The van der Waals surface area contributed by atoms with Crippen LogP contribution in [0.15, 0.2) is 29.4 Å². The predicted molar refractivity (Wildman–Crippen MR) is 132 cm³/mol. The van der Waals surface area contributed by atoms with Gasteiger partial charge in [-0.1, -0.05) is 25.1 Å². The zero-order chi connectivity index (χ0) is 23.4. The smallest absolute Gasteiger partial charge is 0.235 e. The highest BCUT2D eigenvalue weighted by atomic mass is 32.2. The van der Waals surface area contributed by atoms with Gasteiger partial charge < -0.3 is 14.6 Å². The van der Waals surface area contributed by atoms with Crippen LogP contribution in [0.4, 0.5) is 5.00 Å². The van der Waals surface area contributed by atoms with Crippen LogP contribution in [-0.2, 0) is 24.7 Å². The lowest BCUT2D eigenvalue weighted by Gasteiger charge is -2.20. The van der Waals surface area contributed by atoms with Crippen molar-refractivity contribution < 1.29 is 9.53 Å². The molecule has 33 heavy (non-hydrogen) atoms. The first kappa shape index (κ1) is 23.3. The molecule has 4 rings (SSSR count). The third-order valence-corrected chi connectivity index (χ3v) is 8.09. The molecule has 0 bridgehead atoms. The summed E-state index contributed by atoms with van der Waals surface area (Å²) in [5, 5.41) is 22.5. The van der Waals surface area contributed by atoms with Gasteiger partial charge in [-0.05, 0) is 61.9 Å². The van der Waals surface area contributed by atoms with Gasteiger partial charge in [-0.3, -0.25) is 4.79 Å². The average molecular weight is 482 g/mol. The fourth-order valence-electron chi connectivity index (χ4n) is 4.06. The van der Waals surface area contributed by atoms with Crippen molar-refractivity contribution in [3.63, 3.8) is 0 Å². The fourth-order valence-corrected chi connectivity index (χ4v) is 6.10. The third kappa shape index (κ3) is 5.07. The van der Waals surface area contributed by atoms with E-state index in [4.69, 9.17) is 4.74 Å². The number of hydrogen-bond acceptors (Lipinski definition) is 7. The van der Waals surface area contributed by atoms with Gasteiger partial charge in [0.05, 0.1) is 17.9 Å². The van der Waals surface area contributed by atoms with Gasteiger partial charge in [0.25, 0.3) is 0 Å². The number of ether oxygens (including phenoxy) is 1. The number of amides is 1. The minimum Gasteiger partial charge on any atom is -0.494 e. The summed E-state index contributed by atoms with van der Waals surface area (Å²) < 4.78 is 7.37. The Morgan fingerprint density at radius 3 is 2.82 bits per heavy atom. The quantitative estimate of drug-likeness (QED) is 0.452. The summed E-state index contributed by atoms with van der Waals surface area (Å²) in [6.45, 7) is 4.78. The third-order valence-electron chi connectivity index (χ3n) is 5.90. The highest BCUT2D eigenvalue weighted by Gasteiger charge is 2.26. The molecular formula is C24H27N5O2S2. The molecular weight excluding hydrogens is 454 g/mol. The van der Waals surface area contributed by atoms with Gasteiger partial charge in [0, 0.05) is 17.5 Å². The highest BCUT2D eigenvalue weighted by molar-refractivity contribution is 7.99. The monoisotopic (exact) mass is 481 g/mol. The number of nitrogens with zero attached hydrogens (tertiary/aromatic N) is 4. The number of hydrogen-bond donors (Lipinski definition) is 1. The number of thiophene rings is 1. The van der Waals surface area contributed by atoms with Crippen molar-refractivity contribution in [3.05, 3.63) is 40.3 Å². The molecule has 0 saturated heterocycles. The lowest BCUT2D eigenvalue weighted by Crippen LogP contribution is -2.14. The van der Waals surface area contributed by atoms with Crippen LogP contribution in [0.25, 0.3) is 11.4 Å². The Hall–Kier alpha value is -2.83. The van der Waals surface area contributed by atoms with Gasteiger partial charge in [-0.25, -0.2) is 0 Å². The van der Waals surface area contributed by atoms with Crippen molar-refractivity contribution in [2.75, 3.05) is 17.7 Å². The fraction of sp³-hybridized carbons (Fsp3) is 0.417. The molecule has 0 spiro atoms. The zero-order valence-corrected chi connectivity index (χ0v) is 20.7. The Bertz CT molecular complexity index is 1180. The maximum atomic E-state index is 12.7. The largest absolute Gasteiger partial charge is 0.494 e. The second kappa shape index (κ2) is 10.4. The number of benzene rings is 1. The molecule has 1 amide bonds. The number of carbonyl (C=O) groups excluding carboxylic acids is 1. The van der Waals surface area contributed by atoms with Crippen LogP contribution in [0, 0.1) is 17.2 Å². The second-order valence-electron chi connectivity index (χ2n) is 8.00. The zero-order valence-electron chi connectivity index (χ0n) is 19.1. The Morgan fingerprint density at radius 1 is 1.33 bits per heavy atom. The Kier molecular flexibility index (Phi) is 7.36. The molecule has 1 N–H and O–H groups in total. The van der Waals surface area contributed by atoms with E-state index in [1.165, 1.54) is 16.6 Å². The maximum absolute atomic E-state index is 12.7. The van der Waals surface area contributed by atoms with Crippen molar-refractivity contribution in [1.82, 2.24) is 14.8 Å². The topological polar surface area (TPSA) is 92.8 Å².